The van der Waals surface area contributed by atoms with E-state index in [0.717, 1.165) is 30.6 Å². The monoisotopic (exact) mass is 379 g/mol. The summed E-state index contributed by atoms with van der Waals surface area (Å²) in [7, 11) is 3.31. The number of amides is 1. The van der Waals surface area contributed by atoms with E-state index in [1.807, 2.05) is 50.8 Å². The molecule has 0 aromatic heterocycles. The van der Waals surface area contributed by atoms with Gasteiger partial charge in [-0.25, -0.2) is 4.79 Å². The average molecular weight is 379 g/mol. The summed E-state index contributed by atoms with van der Waals surface area (Å²) in [5.41, 5.74) is 0.447. The van der Waals surface area contributed by atoms with Crippen LogP contribution in [-0.2, 0) is 9.47 Å². The van der Waals surface area contributed by atoms with Crippen LogP contribution in [0.2, 0.25) is 0 Å². The first-order valence-corrected chi connectivity index (χ1v) is 9.57. The van der Waals surface area contributed by atoms with E-state index < -0.39 is 5.60 Å². The fourth-order valence-corrected chi connectivity index (χ4v) is 2.88. The van der Waals surface area contributed by atoms with Crippen LogP contribution >= 0.6 is 0 Å². The molecule has 0 heterocycles. The molecular weight excluding hydrogens is 346 g/mol. The van der Waals surface area contributed by atoms with Gasteiger partial charge in [-0.15, -0.1) is 0 Å². The second kappa shape index (κ2) is 9.31. The van der Waals surface area contributed by atoms with E-state index in [1.54, 1.807) is 14.2 Å². The zero-order chi connectivity index (χ0) is 20.0. The maximum Gasteiger partial charge on any atom is 0.411 e. The number of benzene rings is 1. The first-order valence-electron chi connectivity index (χ1n) is 9.57. The molecule has 1 aliphatic carbocycles. The molecule has 2 rings (SSSR count). The molecule has 1 saturated carbocycles. The summed E-state index contributed by atoms with van der Waals surface area (Å²) in [6, 6.07) is 5.88. The van der Waals surface area contributed by atoms with Gasteiger partial charge in [-0.3, -0.25) is 4.90 Å². The van der Waals surface area contributed by atoms with Crippen molar-refractivity contribution in [2.75, 3.05) is 27.4 Å². The minimum absolute atomic E-state index is 0.135. The lowest BCUT2D eigenvalue weighted by atomic mass is 10.1. The normalized spacial score (nSPS) is 15.2. The van der Waals surface area contributed by atoms with Crippen molar-refractivity contribution in [2.24, 2.45) is 0 Å². The summed E-state index contributed by atoms with van der Waals surface area (Å²) in [5.74, 6) is 1.44. The quantitative estimate of drug-likeness (QED) is 0.588. The maximum absolute atomic E-state index is 12.8. The SMILES string of the molecule is COCCCOc1cc(OC)cc(C(C)N(C(=O)OC(C)(C)C)C2CC2)c1. The summed E-state index contributed by atoms with van der Waals surface area (Å²) in [6.45, 7) is 8.90. The molecule has 27 heavy (non-hydrogen) atoms. The fraction of sp³-hybridized carbons (Fsp3) is 0.667. The fourth-order valence-electron chi connectivity index (χ4n) is 2.88. The van der Waals surface area contributed by atoms with E-state index in [2.05, 4.69) is 0 Å². The summed E-state index contributed by atoms with van der Waals surface area (Å²) in [4.78, 5) is 14.6. The third kappa shape index (κ3) is 6.61. The number of rotatable bonds is 9. The van der Waals surface area contributed by atoms with Crippen molar-refractivity contribution in [3.05, 3.63) is 23.8 Å². The number of carbonyl (C=O) groups excluding carboxylic acids is 1. The highest BCUT2D eigenvalue weighted by Gasteiger charge is 2.38. The second-order valence-electron chi connectivity index (χ2n) is 7.93. The van der Waals surface area contributed by atoms with Gasteiger partial charge in [-0.05, 0) is 58.2 Å². The Morgan fingerprint density at radius 3 is 2.37 bits per heavy atom. The molecule has 1 unspecified atom stereocenters. The molecule has 1 aliphatic rings. The van der Waals surface area contributed by atoms with Crippen molar-refractivity contribution in [3.63, 3.8) is 0 Å². The van der Waals surface area contributed by atoms with Crippen LogP contribution in [0.25, 0.3) is 0 Å². The first-order chi connectivity index (χ1) is 12.7. The van der Waals surface area contributed by atoms with E-state index in [1.165, 1.54) is 0 Å². The maximum atomic E-state index is 12.8. The number of nitrogens with zero attached hydrogens (tertiary/aromatic N) is 1. The van der Waals surface area contributed by atoms with Gasteiger partial charge in [0.2, 0.25) is 0 Å². The van der Waals surface area contributed by atoms with Gasteiger partial charge in [-0.1, -0.05) is 0 Å². The molecule has 6 nitrogen and oxygen atoms in total. The van der Waals surface area contributed by atoms with Crippen molar-refractivity contribution >= 4 is 6.09 Å². The van der Waals surface area contributed by atoms with E-state index >= 15 is 0 Å². The Morgan fingerprint density at radius 2 is 1.81 bits per heavy atom. The topological polar surface area (TPSA) is 57.2 Å². The Morgan fingerprint density at radius 1 is 1.15 bits per heavy atom. The second-order valence-corrected chi connectivity index (χ2v) is 7.93. The van der Waals surface area contributed by atoms with Gasteiger partial charge in [0.1, 0.15) is 17.1 Å². The lowest BCUT2D eigenvalue weighted by molar-refractivity contribution is 0.0153. The predicted molar refractivity (Wildman–Crippen MR) is 104 cm³/mol. The van der Waals surface area contributed by atoms with Crippen molar-refractivity contribution in [1.82, 2.24) is 4.90 Å². The summed E-state index contributed by atoms with van der Waals surface area (Å²) < 4.78 is 22.0. The molecule has 6 heteroatoms. The highest BCUT2D eigenvalue weighted by molar-refractivity contribution is 5.70. The highest BCUT2D eigenvalue weighted by Crippen LogP contribution is 2.37. The minimum atomic E-state index is -0.520. The van der Waals surface area contributed by atoms with Gasteiger partial charge in [0.15, 0.2) is 0 Å². The molecule has 1 aromatic rings. The smallest absolute Gasteiger partial charge is 0.411 e. The average Bonchev–Trinajstić information content (AvgIpc) is 3.41. The third-order valence-electron chi connectivity index (χ3n) is 4.34. The van der Waals surface area contributed by atoms with E-state index in [4.69, 9.17) is 18.9 Å². The van der Waals surface area contributed by atoms with Crippen LogP contribution in [0.5, 0.6) is 11.5 Å². The number of methoxy groups -OCH3 is 2. The van der Waals surface area contributed by atoms with Crippen LogP contribution in [0, 0.1) is 0 Å². The number of ether oxygens (including phenoxy) is 4. The molecule has 1 aromatic carbocycles. The predicted octanol–water partition coefficient (Wildman–Crippen LogP) is 4.57. The van der Waals surface area contributed by atoms with Gasteiger partial charge in [-0.2, -0.15) is 0 Å². The standard InChI is InChI=1S/C21H33NO5/c1-15(22(17-8-9-17)20(23)27-21(2,3)4)16-12-18(25-6)14-19(13-16)26-11-7-10-24-5/h12-15,17H,7-11H2,1-6H3. The molecule has 152 valence electrons. The number of carbonyl (C=O) groups is 1. The minimum Gasteiger partial charge on any atom is -0.497 e. The van der Waals surface area contributed by atoms with Crippen molar-refractivity contribution in [1.29, 1.82) is 0 Å². The van der Waals surface area contributed by atoms with Crippen LogP contribution in [0.15, 0.2) is 18.2 Å². The Kier molecular flexibility index (Phi) is 7.36. The van der Waals surface area contributed by atoms with Crippen LogP contribution in [-0.4, -0.2) is 50.1 Å². The highest BCUT2D eigenvalue weighted by atomic mass is 16.6. The van der Waals surface area contributed by atoms with Crippen molar-refractivity contribution < 1.29 is 23.7 Å². The van der Waals surface area contributed by atoms with Gasteiger partial charge < -0.3 is 18.9 Å². The summed E-state index contributed by atoms with van der Waals surface area (Å²) in [6.07, 6.45) is 2.55. The molecule has 0 bridgehead atoms. The molecule has 0 aliphatic heterocycles. The van der Waals surface area contributed by atoms with E-state index in [9.17, 15) is 4.79 Å². The van der Waals surface area contributed by atoms with Crippen LogP contribution in [0.3, 0.4) is 0 Å². The van der Waals surface area contributed by atoms with Crippen LogP contribution in [0.4, 0.5) is 4.79 Å². The molecule has 0 radical (unpaired) electrons. The summed E-state index contributed by atoms with van der Waals surface area (Å²) >= 11 is 0. The van der Waals surface area contributed by atoms with Crippen molar-refractivity contribution in [2.45, 2.75) is 64.6 Å². The lowest BCUT2D eigenvalue weighted by Gasteiger charge is -2.32. The Bertz CT molecular complexity index is 621. The Balaban J connectivity index is 2.18. The molecule has 0 saturated heterocycles. The largest absolute Gasteiger partial charge is 0.497 e. The molecule has 1 atom stereocenters. The van der Waals surface area contributed by atoms with Gasteiger partial charge in [0.25, 0.3) is 0 Å². The molecule has 1 amide bonds. The molecule has 0 spiro atoms. The number of hydrogen-bond acceptors (Lipinski definition) is 5. The summed E-state index contributed by atoms with van der Waals surface area (Å²) in [5, 5.41) is 0. The van der Waals surface area contributed by atoms with Crippen molar-refractivity contribution in [3.8, 4) is 11.5 Å². The van der Waals surface area contributed by atoms with Gasteiger partial charge in [0, 0.05) is 32.2 Å². The van der Waals surface area contributed by atoms with Gasteiger partial charge in [0.05, 0.1) is 19.8 Å². The van der Waals surface area contributed by atoms with Crippen LogP contribution in [0.1, 0.15) is 58.6 Å². The third-order valence-corrected chi connectivity index (χ3v) is 4.34. The lowest BCUT2D eigenvalue weighted by Crippen LogP contribution is -2.39. The zero-order valence-corrected chi connectivity index (χ0v) is 17.4. The van der Waals surface area contributed by atoms with Gasteiger partial charge >= 0.3 is 6.09 Å². The zero-order valence-electron chi connectivity index (χ0n) is 17.4. The molecule has 0 N–H and O–H groups in total. The van der Waals surface area contributed by atoms with E-state index in [0.29, 0.717) is 19.0 Å². The first kappa shape index (κ1) is 21.4. The Labute approximate surface area is 162 Å². The van der Waals surface area contributed by atoms with Crippen LogP contribution < -0.4 is 9.47 Å². The Hall–Kier alpha value is -1.95. The van der Waals surface area contributed by atoms with E-state index in [-0.39, 0.29) is 18.2 Å². The number of hydrogen-bond donors (Lipinski definition) is 0. The molecular formula is C21H33NO5. The molecule has 1 fully saturated rings.